The van der Waals surface area contributed by atoms with E-state index in [4.69, 9.17) is 0 Å². The maximum Gasteiger partial charge on any atom is 0.248 e. The van der Waals surface area contributed by atoms with Crippen molar-refractivity contribution in [2.45, 2.75) is 82.1 Å². The van der Waals surface area contributed by atoms with E-state index in [1.54, 1.807) is 16.4 Å². The quantitative estimate of drug-likeness (QED) is 0.610. The number of amides is 1. The van der Waals surface area contributed by atoms with Gasteiger partial charge in [-0.3, -0.25) is 4.79 Å². The lowest BCUT2D eigenvalue weighted by Gasteiger charge is -2.55. The smallest absolute Gasteiger partial charge is 0.248 e. The van der Waals surface area contributed by atoms with Gasteiger partial charge in [0.25, 0.3) is 0 Å². The summed E-state index contributed by atoms with van der Waals surface area (Å²) >= 11 is 0. The van der Waals surface area contributed by atoms with Gasteiger partial charge in [0, 0.05) is 19.6 Å². The van der Waals surface area contributed by atoms with Gasteiger partial charge >= 0.3 is 0 Å². The lowest BCUT2D eigenvalue weighted by molar-refractivity contribution is -0.134. The van der Waals surface area contributed by atoms with Crippen molar-refractivity contribution in [3.63, 3.8) is 0 Å². The van der Waals surface area contributed by atoms with Crippen molar-refractivity contribution in [2.75, 3.05) is 19.6 Å². The monoisotopic (exact) mass is 488 g/mol. The van der Waals surface area contributed by atoms with Crippen LogP contribution in [0.25, 0.3) is 0 Å². The summed E-state index contributed by atoms with van der Waals surface area (Å²) in [5.41, 5.74) is 1.20. The van der Waals surface area contributed by atoms with Crippen LogP contribution in [0.1, 0.15) is 69.8 Å². The van der Waals surface area contributed by atoms with E-state index in [9.17, 15) is 18.3 Å². The average molecular weight is 489 g/mol. The largest absolute Gasteiger partial charge is 0.383 e. The molecule has 3 bridgehead atoms. The summed E-state index contributed by atoms with van der Waals surface area (Å²) in [6.07, 6.45) is 10.0. The normalized spacial score (nSPS) is 32.9. The summed E-state index contributed by atoms with van der Waals surface area (Å²) < 4.78 is 27.4. The molecule has 1 aromatic rings. The Bertz CT molecular complexity index is 982. The summed E-state index contributed by atoms with van der Waals surface area (Å²) in [5.74, 6) is 2.49. The molecule has 1 aromatic carbocycles. The van der Waals surface area contributed by atoms with Crippen LogP contribution in [0.5, 0.6) is 0 Å². The molecule has 188 valence electrons. The van der Waals surface area contributed by atoms with Gasteiger partial charge in [-0.05, 0) is 106 Å². The number of hydrogen-bond acceptors (Lipinski definition) is 4. The molecule has 0 aromatic heterocycles. The van der Waals surface area contributed by atoms with Crippen LogP contribution in [-0.2, 0) is 14.8 Å². The number of benzene rings is 1. The second-order valence-corrected chi connectivity index (χ2v) is 13.7. The van der Waals surface area contributed by atoms with Crippen molar-refractivity contribution in [3.8, 4) is 0 Å². The van der Waals surface area contributed by atoms with Crippen LogP contribution in [0, 0.1) is 36.0 Å². The first-order valence-electron chi connectivity index (χ1n) is 13.3. The molecule has 4 fully saturated rings. The molecule has 3 saturated carbocycles. The van der Waals surface area contributed by atoms with E-state index in [0.717, 1.165) is 36.2 Å². The molecule has 0 radical (unpaired) electrons. The molecule has 1 aliphatic heterocycles. The van der Waals surface area contributed by atoms with Gasteiger partial charge in [-0.2, -0.15) is 4.31 Å². The molecular formula is C27H40N2O4S. The number of piperidine rings is 1. The molecule has 4 aliphatic rings. The number of aliphatic hydroxyl groups excluding tert-OH is 1. The summed E-state index contributed by atoms with van der Waals surface area (Å²) in [5, 5.41) is 13.8. The van der Waals surface area contributed by atoms with Crippen LogP contribution < -0.4 is 5.32 Å². The van der Waals surface area contributed by atoms with Crippen LogP contribution in [0.15, 0.2) is 29.2 Å². The van der Waals surface area contributed by atoms with E-state index >= 15 is 0 Å². The van der Waals surface area contributed by atoms with Gasteiger partial charge in [0.05, 0.1) is 4.90 Å². The second kappa shape index (κ2) is 9.55. The van der Waals surface area contributed by atoms with Crippen LogP contribution >= 0.6 is 0 Å². The first-order chi connectivity index (χ1) is 16.2. The van der Waals surface area contributed by atoms with Crippen molar-refractivity contribution in [2.24, 2.45) is 29.1 Å². The highest BCUT2D eigenvalue weighted by Gasteiger charge is 2.50. The number of nitrogens with one attached hydrogen (secondary N) is 1. The number of sulfonamides is 1. The number of fused-ring (bicyclic) bond motifs is 2. The Morgan fingerprint density at radius 1 is 1.09 bits per heavy atom. The lowest BCUT2D eigenvalue weighted by atomic mass is 9.50. The molecule has 34 heavy (non-hydrogen) atoms. The predicted octanol–water partition coefficient (Wildman–Crippen LogP) is 3.87. The summed E-state index contributed by atoms with van der Waals surface area (Å²) in [6.45, 7) is 3.38. The number of nitrogens with zero attached hydrogens (tertiary/aromatic N) is 1. The fourth-order valence-corrected chi connectivity index (χ4v) is 9.00. The highest BCUT2D eigenvalue weighted by molar-refractivity contribution is 7.89. The maximum atomic E-state index is 12.9. The van der Waals surface area contributed by atoms with Crippen molar-refractivity contribution in [1.29, 1.82) is 0 Å². The minimum atomic E-state index is -3.47. The van der Waals surface area contributed by atoms with Crippen molar-refractivity contribution in [1.82, 2.24) is 9.62 Å². The first kappa shape index (κ1) is 24.3. The van der Waals surface area contributed by atoms with E-state index < -0.39 is 16.1 Å². The van der Waals surface area contributed by atoms with Gasteiger partial charge in [-0.1, -0.05) is 24.1 Å². The molecule has 1 amide bonds. The molecule has 6 nitrogen and oxygen atoms in total. The fourth-order valence-electron chi connectivity index (χ4n) is 7.53. The number of aliphatic hydroxyl groups is 1. The van der Waals surface area contributed by atoms with Crippen LogP contribution in [-0.4, -0.2) is 49.5 Å². The SMILES string of the molecule is Cc1ccc(S(=O)(=O)N2CCC(CNC(=O)C(O)CC34CCC5CCC(CC5C3)C4)CC2)cc1. The Labute approximate surface area is 204 Å². The Morgan fingerprint density at radius 2 is 1.82 bits per heavy atom. The van der Waals surface area contributed by atoms with Crippen molar-refractivity contribution in [3.05, 3.63) is 29.8 Å². The van der Waals surface area contributed by atoms with E-state index in [-0.39, 0.29) is 17.2 Å². The van der Waals surface area contributed by atoms with Crippen molar-refractivity contribution < 1.29 is 18.3 Å². The highest BCUT2D eigenvalue weighted by Crippen LogP contribution is 2.59. The Balaban J connectivity index is 1.09. The van der Waals surface area contributed by atoms with Gasteiger partial charge in [-0.15, -0.1) is 0 Å². The first-order valence-corrected chi connectivity index (χ1v) is 14.7. The molecule has 3 aliphatic carbocycles. The number of carbonyl (C=O) groups is 1. The van der Waals surface area contributed by atoms with Gasteiger partial charge in [0.15, 0.2) is 0 Å². The summed E-state index contributed by atoms with van der Waals surface area (Å²) in [7, 11) is -3.47. The third-order valence-electron chi connectivity index (χ3n) is 9.44. The van der Waals surface area contributed by atoms with Gasteiger partial charge < -0.3 is 10.4 Å². The Kier molecular flexibility index (Phi) is 6.81. The second-order valence-electron chi connectivity index (χ2n) is 11.8. The molecule has 5 atom stereocenters. The molecule has 7 heteroatoms. The fraction of sp³-hybridized carbons (Fsp3) is 0.741. The lowest BCUT2D eigenvalue weighted by Crippen LogP contribution is -2.48. The third-order valence-corrected chi connectivity index (χ3v) is 11.3. The molecule has 1 saturated heterocycles. The minimum absolute atomic E-state index is 0.164. The number of aryl methyl sites for hydroxylation is 1. The van der Waals surface area contributed by atoms with Gasteiger partial charge in [0.1, 0.15) is 6.10 Å². The zero-order valence-corrected chi connectivity index (χ0v) is 21.2. The van der Waals surface area contributed by atoms with E-state index in [2.05, 4.69) is 5.32 Å². The predicted molar refractivity (Wildman–Crippen MR) is 132 cm³/mol. The van der Waals surface area contributed by atoms with Crippen LogP contribution in [0.3, 0.4) is 0 Å². The zero-order chi connectivity index (χ0) is 23.9. The van der Waals surface area contributed by atoms with Crippen LogP contribution in [0.2, 0.25) is 0 Å². The summed E-state index contributed by atoms with van der Waals surface area (Å²) in [6, 6.07) is 6.99. The number of rotatable bonds is 7. The average Bonchev–Trinajstić information content (AvgIpc) is 2.82. The standard InChI is InChI=1S/C27H40N2O4S/c1-19-2-6-24(7-3-19)34(32,33)29-12-9-20(10-13-29)18-28-26(31)25(30)17-27-11-8-22-5-4-21(15-27)14-23(22)16-27/h2-3,6-7,20-23,25,30H,4-5,8-18H2,1H3,(H,28,31). The Hall–Kier alpha value is -1.44. The molecule has 0 spiro atoms. The van der Waals surface area contributed by atoms with E-state index in [1.165, 1.54) is 44.9 Å². The van der Waals surface area contributed by atoms with Crippen LogP contribution in [0.4, 0.5) is 0 Å². The number of hydrogen-bond donors (Lipinski definition) is 2. The molecular weight excluding hydrogens is 448 g/mol. The van der Waals surface area contributed by atoms with Gasteiger partial charge in [0.2, 0.25) is 15.9 Å². The van der Waals surface area contributed by atoms with E-state index in [0.29, 0.717) is 31.0 Å². The van der Waals surface area contributed by atoms with E-state index in [1.807, 2.05) is 19.1 Å². The number of carbonyl (C=O) groups excluding carboxylic acids is 1. The summed E-state index contributed by atoms with van der Waals surface area (Å²) in [4.78, 5) is 13.1. The minimum Gasteiger partial charge on any atom is -0.383 e. The highest BCUT2D eigenvalue weighted by atomic mass is 32.2. The third kappa shape index (κ3) is 4.93. The molecule has 5 rings (SSSR count). The zero-order valence-electron chi connectivity index (χ0n) is 20.4. The molecule has 5 unspecified atom stereocenters. The van der Waals surface area contributed by atoms with Crippen molar-refractivity contribution >= 4 is 15.9 Å². The topological polar surface area (TPSA) is 86.7 Å². The molecule has 2 N–H and O–H groups in total. The molecule has 1 heterocycles. The van der Waals surface area contributed by atoms with Gasteiger partial charge in [-0.25, -0.2) is 8.42 Å². The maximum absolute atomic E-state index is 12.9. The Morgan fingerprint density at radius 3 is 2.56 bits per heavy atom.